The largest absolute Gasteiger partial charge is 0.508 e. The van der Waals surface area contributed by atoms with Crippen LogP contribution in [0.25, 0.3) is 0 Å². The summed E-state index contributed by atoms with van der Waals surface area (Å²) in [6.45, 7) is 4.01. The summed E-state index contributed by atoms with van der Waals surface area (Å²) in [4.78, 5) is 0. The van der Waals surface area contributed by atoms with Crippen molar-refractivity contribution in [1.82, 2.24) is 5.32 Å². The smallest absolute Gasteiger partial charge is 0.120 e. The lowest BCUT2D eigenvalue weighted by Gasteiger charge is -2.26. The van der Waals surface area contributed by atoms with Gasteiger partial charge in [0.1, 0.15) is 5.75 Å². The molecular formula is C11H14ClNO2. The lowest BCUT2D eigenvalue weighted by atomic mass is 10.00. The number of phenols is 1. The quantitative estimate of drug-likeness (QED) is 0.771. The van der Waals surface area contributed by atoms with E-state index in [9.17, 15) is 5.11 Å². The topological polar surface area (TPSA) is 41.5 Å². The van der Waals surface area contributed by atoms with Crippen LogP contribution in [-0.4, -0.2) is 24.9 Å². The number of halogens is 1. The Kier molecular flexibility index (Phi) is 3.14. The van der Waals surface area contributed by atoms with Crippen LogP contribution in [0.2, 0.25) is 5.02 Å². The molecule has 1 heterocycles. The molecule has 2 rings (SSSR count). The van der Waals surface area contributed by atoms with Crippen LogP contribution in [0, 0.1) is 6.92 Å². The Morgan fingerprint density at radius 2 is 2.33 bits per heavy atom. The van der Waals surface area contributed by atoms with Gasteiger partial charge in [-0.25, -0.2) is 0 Å². The van der Waals surface area contributed by atoms with Gasteiger partial charge in [0, 0.05) is 17.1 Å². The van der Waals surface area contributed by atoms with E-state index >= 15 is 0 Å². The third-order valence-electron chi connectivity index (χ3n) is 2.70. The molecule has 1 fully saturated rings. The predicted octanol–water partition coefficient (Wildman–Crippen LogP) is 2.01. The lowest BCUT2D eigenvalue weighted by molar-refractivity contribution is 0.0759. The highest BCUT2D eigenvalue weighted by Crippen LogP contribution is 2.32. The van der Waals surface area contributed by atoms with E-state index in [1.807, 2.05) is 6.92 Å². The lowest BCUT2D eigenvalue weighted by Crippen LogP contribution is -2.35. The molecule has 0 amide bonds. The standard InChI is InChI=1S/C11H14ClNO2/c1-7-8(12)2-3-10(14)11(7)9-6-15-5-4-13-9/h2-3,9,13-14H,4-6H2,1H3. The Balaban J connectivity index is 2.36. The number of hydrogen-bond donors (Lipinski definition) is 2. The molecule has 0 saturated carbocycles. The van der Waals surface area contributed by atoms with E-state index < -0.39 is 0 Å². The molecule has 1 atom stereocenters. The van der Waals surface area contributed by atoms with Crippen molar-refractivity contribution in [3.63, 3.8) is 0 Å². The predicted molar refractivity (Wildman–Crippen MR) is 59.4 cm³/mol. The zero-order chi connectivity index (χ0) is 10.8. The van der Waals surface area contributed by atoms with Gasteiger partial charge in [-0.1, -0.05) is 11.6 Å². The molecule has 0 spiro atoms. The maximum Gasteiger partial charge on any atom is 0.120 e. The first-order valence-electron chi connectivity index (χ1n) is 4.99. The van der Waals surface area contributed by atoms with Gasteiger partial charge >= 0.3 is 0 Å². The second-order valence-electron chi connectivity index (χ2n) is 3.69. The Labute approximate surface area is 94.0 Å². The summed E-state index contributed by atoms with van der Waals surface area (Å²) in [6.07, 6.45) is 0. The van der Waals surface area contributed by atoms with Crippen molar-refractivity contribution in [2.24, 2.45) is 0 Å². The summed E-state index contributed by atoms with van der Waals surface area (Å²) in [5.41, 5.74) is 1.77. The third-order valence-corrected chi connectivity index (χ3v) is 3.11. The molecule has 82 valence electrons. The molecule has 1 aliphatic rings. The fourth-order valence-electron chi connectivity index (χ4n) is 1.88. The van der Waals surface area contributed by atoms with Gasteiger partial charge < -0.3 is 15.2 Å². The van der Waals surface area contributed by atoms with E-state index in [4.69, 9.17) is 16.3 Å². The number of nitrogens with one attached hydrogen (secondary N) is 1. The van der Waals surface area contributed by atoms with E-state index in [1.54, 1.807) is 12.1 Å². The maximum atomic E-state index is 9.81. The summed E-state index contributed by atoms with van der Waals surface area (Å²) in [7, 11) is 0. The second kappa shape index (κ2) is 4.39. The number of aromatic hydroxyl groups is 1. The van der Waals surface area contributed by atoms with Gasteiger partial charge in [0.25, 0.3) is 0 Å². The Bertz CT molecular complexity index is 362. The number of hydrogen-bond acceptors (Lipinski definition) is 3. The van der Waals surface area contributed by atoms with Crippen LogP contribution in [0.5, 0.6) is 5.75 Å². The minimum atomic E-state index is 0.0393. The van der Waals surface area contributed by atoms with Gasteiger partial charge in [-0.05, 0) is 24.6 Å². The SMILES string of the molecule is Cc1c(Cl)ccc(O)c1C1COCCN1. The van der Waals surface area contributed by atoms with E-state index in [2.05, 4.69) is 5.32 Å². The molecule has 2 N–H and O–H groups in total. The minimum absolute atomic E-state index is 0.0393. The van der Waals surface area contributed by atoms with Gasteiger partial charge in [0.05, 0.1) is 19.3 Å². The van der Waals surface area contributed by atoms with Crippen LogP contribution in [0.1, 0.15) is 17.2 Å². The number of rotatable bonds is 1. The molecule has 15 heavy (non-hydrogen) atoms. The monoisotopic (exact) mass is 227 g/mol. The summed E-state index contributed by atoms with van der Waals surface area (Å²) in [6, 6.07) is 3.37. The molecule has 1 aromatic carbocycles. The van der Waals surface area contributed by atoms with Crippen molar-refractivity contribution >= 4 is 11.6 Å². The van der Waals surface area contributed by atoms with Crippen LogP contribution >= 0.6 is 11.6 Å². The molecule has 3 nitrogen and oxygen atoms in total. The average molecular weight is 228 g/mol. The summed E-state index contributed by atoms with van der Waals surface area (Å²) >= 11 is 6.03. The molecule has 1 unspecified atom stereocenters. The van der Waals surface area contributed by atoms with E-state index in [0.29, 0.717) is 11.6 Å². The first-order valence-corrected chi connectivity index (χ1v) is 5.37. The van der Waals surface area contributed by atoms with E-state index in [1.165, 1.54) is 0 Å². The Hall–Kier alpha value is -0.770. The second-order valence-corrected chi connectivity index (χ2v) is 4.09. The van der Waals surface area contributed by atoms with Crippen molar-refractivity contribution in [3.05, 3.63) is 28.3 Å². The highest BCUT2D eigenvalue weighted by molar-refractivity contribution is 6.31. The third kappa shape index (κ3) is 2.09. The highest BCUT2D eigenvalue weighted by atomic mass is 35.5. The Morgan fingerprint density at radius 1 is 1.53 bits per heavy atom. The molecule has 1 aromatic rings. The number of morpholine rings is 1. The zero-order valence-corrected chi connectivity index (χ0v) is 9.34. The fraction of sp³-hybridized carbons (Fsp3) is 0.455. The van der Waals surface area contributed by atoms with Gasteiger partial charge in [0.2, 0.25) is 0 Å². The molecule has 0 aromatic heterocycles. The van der Waals surface area contributed by atoms with E-state index in [0.717, 1.165) is 24.3 Å². The van der Waals surface area contributed by atoms with Gasteiger partial charge in [-0.15, -0.1) is 0 Å². The molecule has 0 radical (unpaired) electrons. The molecular weight excluding hydrogens is 214 g/mol. The number of phenolic OH excluding ortho intramolecular Hbond substituents is 1. The molecule has 4 heteroatoms. The first kappa shape index (κ1) is 10.7. The van der Waals surface area contributed by atoms with Crippen LogP contribution in [0.15, 0.2) is 12.1 Å². The van der Waals surface area contributed by atoms with Crippen LogP contribution in [0.3, 0.4) is 0 Å². The molecule has 0 aliphatic carbocycles. The van der Waals surface area contributed by atoms with Gasteiger partial charge in [-0.3, -0.25) is 0 Å². The van der Waals surface area contributed by atoms with Crippen molar-refractivity contribution in [1.29, 1.82) is 0 Å². The van der Waals surface area contributed by atoms with Crippen LogP contribution in [-0.2, 0) is 4.74 Å². The van der Waals surface area contributed by atoms with Crippen molar-refractivity contribution in [2.75, 3.05) is 19.8 Å². The molecule has 1 aliphatic heterocycles. The van der Waals surface area contributed by atoms with Gasteiger partial charge in [-0.2, -0.15) is 0 Å². The molecule has 0 bridgehead atoms. The number of ether oxygens (including phenoxy) is 1. The van der Waals surface area contributed by atoms with Crippen LogP contribution < -0.4 is 5.32 Å². The molecule has 1 saturated heterocycles. The Morgan fingerprint density at radius 3 is 3.00 bits per heavy atom. The zero-order valence-electron chi connectivity index (χ0n) is 8.59. The summed E-state index contributed by atoms with van der Waals surface area (Å²) < 4.78 is 5.37. The number of benzene rings is 1. The first-order chi connectivity index (χ1) is 7.20. The van der Waals surface area contributed by atoms with Crippen molar-refractivity contribution in [3.8, 4) is 5.75 Å². The minimum Gasteiger partial charge on any atom is -0.508 e. The summed E-state index contributed by atoms with van der Waals surface area (Å²) in [5.74, 6) is 0.278. The fourth-order valence-corrected chi connectivity index (χ4v) is 2.04. The van der Waals surface area contributed by atoms with E-state index in [-0.39, 0.29) is 11.8 Å². The average Bonchev–Trinajstić information content (AvgIpc) is 2.26. The van der Waals surface area contributed by atoms with Crippen molar-refractivity contribution < 1.29 is 9.84 Å². The van der Waals surface area contributed by atoms with Crippen LogP contribution in [0.4, 0.5) is 0 Å². The highest BCUT2D eigenvalue weighted by Gasteiger charge is 2.21. The van der Waals surface area contributed by atoms with Gasteiger partial charge in [0.15, 0.2) is 0 Å². The summed E-state index contributed by atoms with van der Waals surface area (Å²) in [5, 5.41) is 13.8. The maximum absolute atomic E-state index is 9.81. The van der Waals surface area contributed by atoms with Crippen molar-refractivity contribution in [2.45, 2.75) is 13.0 Å². The normalized spacial score (nSPS) is 21.6.